The highest BCUT2D eigenvalue weighted by Gasteiger charge is 2.29. The van der Waals surface area contributed by atoms with Crippen molar-refractivity contribution in [3.8, 4) is 0 Å². The van der Waals surface area contributed by atoms with Gasteiger partial charge in [-0.25, -0.2) is 8.42 Å². The summed E-state index contributed by atoms with van der Waals surface area (Å²) >= 11 is 0. The highest BCUT2D eigenvalue weighted by molar-refractivity contribution is 7.89. The van der Waals surface area contributed by atoms with Crippen LogP contribution in [0.25, 0.3) is 0 Å². The molecular weight excluding hydrogens is 336 g/mol. The molecule has 5 nitrogen and oxygen atoms in total. The summed E-state index contributed by atoms with van der Waals surface area (Å²) in [6.45, 7) is 7.88. The maximum atomic E-state index is 12.7. The van der Waals surface area contributed by atoms with E-state index in [1.165, 1.54) is 0 Å². The van der Waals surface area contributed by atoms with E-state index in [1.54, 1.807) is 16.4 Å². The van der Waals surface area contributed by atoms with Gasteiger partial charge >= 0.3 is 0 Å². The molecule has 140 valence electrons. The van der Waals surface area contributed by atoms with Gasteiger partial charge in [0.25, 0.3) is 0 Å². The Balaban J connectivity index is 1.81. The summed E-state index contributed by atoms with van der Waals surface area (Å²) in [6, 6.07) is 7.01. The summed E-state index contributed by atoms with van der Waals surface area (Å²) in [5.41, 5.74) is 1.05. The Hall–Kier alpha value is -1.40. The van der Waals surface area contributed by atoms with Gasteiger partial charge in [-0.05, 0) is 50.2 Å². The van der Waals surface area contributed by atoms with E-state index in [0.29, 0.717) is 42.8 Å². The number of carbonyl (C=O) groups excluding carboxylic acids is 1. The lowest BCUT2D eigenvalue weighted by atomic mass is 9.93. The summed E-state index contributed by atoms with van der Waals surface area (Å²) < 4.78 is 26.9. The lowest BCUT2D eigenvalue weighted by Crippen LogP contribution is -2.38. The fraction of sp³-hybridized carbons (Fsp3) is 0.632. The average molecular weight is 367 g/mol. The van der Waals surface area contributed by atoms with E-state index in [-0.39, 0.29) is 5.91 Å². The lowest BCUT2D eigenvalue weighted by Gasteiger charge is -2.31. The van der Waals surface area contributed by atoms with Crippen LogP contribution in [0.3, 0.4) is 0 Å². The van der Waals surface area contributed by atoms with Crippen molar-refractivity contribution in [2.45, 2.75) is 51.3 Å². The second-order valence-electron chi connectivity index (χ2n) is 7.40. The van der Waals surface area contributed by atoms with Crippen LogP contribution in [0.1, 0.15) is 45.1 Å². The maximum absolute atomic E-state index is 12.7. The molecule has 6 heteroatoms. The number of aryl methyl sites for hydroxylation is 1. The van der Waals surface area contributed by atoms with Gasteiger partial charge in [-0.1, -0.05) is 31.5 Å². The molecule has 1 amide bonds. The van der Waals surface area contributed by atoms with E-state index in [1.807, 2.05) is 19.1 Å². The van der Waals surface area contributed by atoms with Crippen molar-refractivity contribution in [2.24, 2.45) is 11.8 Å². The Kier molecular flexibility index (Phi) is 7.02. The molecule has 2 rings (SSSR count). The maximum Gasteiger partial charge on any atom is 0.243 e. The molecule has 1 aliphatic rings. The van der Waals surface area contributed by atoms with Crippen LogP contribution in [0, 0.1) is 18.8 Å². The quantitative estimate of drug-likeness (QED) is 0.807. The number of benzene rings is 1. The molecular formula is C19H30N2O3S. The normalized spacial score (nSPS) is 17.0. The predicted molar refractivity (Wildman–Crippen MR) is 99.7 cm³/mol. The molecule has 1 fully saturated rings. The topological polar surface area (TPSA) is 66.5 Å². The summed E-state index contributed by atoms with van der Waals surface area (Å²) in [5, 5.41) is 2.94. The molecule has 0 saturated carbocycles. The van der Waals surface area contributed by atoms with Crippen molar-refractivity contribution in [1.29, 1.82) is 0 Å². The molecule has 1 aliphatic heterocycles. The van der Waals surface area contributed by atoms with Crippen LogP contribution in [0.5, 0.6) is 0 Å². The van der Waals surface area contributed by atoms with Gasteiger partial charge in [-0.3, -0.25) is 4.79 Å². The van der Waals surface area contributed by atoms with Gasteiger partial charge in [0.05, 0.1) is 4.90 Å². The largest absolute Gasteiger partial charge is 0.356 e. The smallest absolute Gasteiger partial charge is 0.243 e. The van der Waals surface area contributed by atoms with Gasteiger partial charge in [0.15, 0.2) is 0 Å². The van der Waals surface area contributed by atoms with E-state index in [2.05, 4.69) is 19.2 Å². The third-order valence-electron chi connectivity index (χ3n) is 4.72. The van der Waals surface area contributed by atoms with E-state index >= 15 is 0 Å². The number of nitrogens with one attached hydrogen (secondary N) is 1. The molecule has 0 unspecified atom stereocenters. The second-order valence-corrected chi connectivity index (χ2v) is 9.34. The van der Waals surface area contributed by atoms with Gasteiger partial charge in [0.2, 0.25) is 15.9 Å². The molecule has 1 N–H and O–H groups in total. The van der Waals surface area contributed by atoms with Gasteiger partial charge < -0.3 is 5.32 Å². The van der Waals surface area contributed by atoms with Crippen molar-refractivity contribution in [2.75, 3.05) is 19.6 Å². The zero-order valence-corrected chi connectivity index (χ0v) is 16.3. The molecule has 0 aromatic heterocycles. The molecule has 0 spiro atoms. The second kappa shape index (κ2) is 8.81. The zero-order chi connectivity index (χ0) is 18.4. The van der Waals surface area contributed by atoms with Crippen molar-refractivity contribution >= 4 is 15.9 Å². The highest BCUT2D eigenvalue weighted by atomic mass is 32.2. The lowest BCUT2D eigenvalue weighted by molar-refractivity contribution is -0.121. The first-order valence-electron chi connectivity index (χ1n) is 9.12. The number of sulfonamides is 1. The summed E-state index contributed by atoms with van der Waals surface area (Å²) in [4.78, 5) is 12.2. The van der Waals surface area contributed by atoms with Crippen LogP contribution in [0.4, 0.5) is 0 Å². The number of piperidine rings is 1. The molecule has 0 bridgehead atoms. The molecule has 0 atom stereocenters. The minimum absolute atomic E-state index is 0.100. The third-order valence-corrected chi connectivity index (χ3v) is 6.63. The van der Waals surface area contributed by atoms with Crippen molar-refractivity contribution in [3.63, 3.8) is 0 Å². The molecule has 0 radical (unpaired) electrons. The van der Waals surface area contributed by atoms with E-state index < -0.39 is 10.0 Å². The van der Waals surface area contributed by atoms with Crippen LogP contribution < -0.4 is 5.32 Å². The third kappa shape index (κ3) is 5.82. The first kappa shape index (κ1) is 19.9. The van der Waals surface area contributed by atoms with Crippen LogP contribution in [-0.4, -0.2) is 38.3 Å². The van der Waals surface area contributed by atoms with E-state index in [9.17, 15) is 13.2 Å². The van der Waals surface area contributed by atoms with E-state index in [0.717, 1.165) is 24.8 Å². The number of nitrogens with zero attached hydrogens (tertiary/aromatic N) is 1. The monoisotopic (exact) mass is 366 g/mol. The first-order chi connectivity index (χ1) is 11.8. The molecule has 1 aromatic rings. The average Bonchev–Trinajstić information content (AvgIpc) is 2.59. The van der Waals surface area contributed by atoms with Gasteiger partial charge in [0, 0.05) is 26.1 Å². The fourth-order valence-corrected chi connectivity index (χ4v) is 4.51. The van der Waals surface area contributed by atoms with Gasteiger partial charge in [-0.2, -0.15) is 4.31 Å². The summed E-state index contributed by atoms with van der Waals surface area (Å²) in [6.07, 6.45) is 3.01. The standard InChI is InChI=1S/C19H30N2O3S/c1-15(2)14-20-19(22)9-6-17-10-12-21(13-11-17)25(23,24)18-7-4-16(3)5-8-18/h4-5,7-8,15,17H,6,9-14H2,1-3H3,(H,20,22). The Morgan fingerprint density at radius 3 is 2.36 bits per heavy atom. The van der Waals surface area contributed by atoms with E-state index in [4.69, 9.17) is 0 Å². The molecule has 1 saturated heterocycles. The highest BCUT2D eigenvalue weighted by Crippen LogP contribution is 2.26. The Morgan fingerprint density at radius 1 is 1.20 bits per heavy atom. The molecule has 1 aromatic carbocycles. The van der Waals surface area contributed by atoms with Crippen molar-refractivity contribution in [3.05, 3.63) is 29.8 Å². The van der Waals surface area contributed by atoms with Gasteiger partial charge in [0.1, 0.15) is 0 Å². The first-order valence-corrected chi connectivity index (χ1v) is 10.6. The number of amides is 1. The van der Waals surface area contributed by atoms with Crippen LogP contribution >= 0.6 is 0 Å². The molecule has 1 heterocycles. The van der Waals surface area contributed by atoms with Crippen molar-refractivity contribution < 1.29 is 13.2 Å². The number of hydrogen-bond acceptors (Lipinski definition) is 3. The number of carbonyl (C=O) groups is 1. The van der Waals surface area contributed by atoms with Crippen LogP contribution in [-0.2, 0) is 14.8 Å². The minimum Gasteiger partial charge on any atom is -0.356 e. The van der Waals surface area contributed by atoms with Crippen LogP contribution in [0.2, 0.25) is 0 Å². The minimum atomic E-state index is -3.40. The Bertz CT molecular complexity index is 660. The zero-order valence-electron chi connectivity index (χ0n) is 15.5. The SMILES string of the molecule is Cc1ccc(S(=O)(=O)N2CCC(CCC(=O)NCC(C)C)CC2)cc1. The number of hydrogen-bond donors (Lipinski definition) is 1. The van der Waals surface area contributed by atoms with Gasteiger partial charge in [-0.15, -0.1) is 0 Å². The Morgan fingerprint density at radius 2 is 1.80 bits per heavy atom. The summed E-state index contributed by atoms with van der Waals surface area (Å²) in [5.74, 6) is 0.983. The summed E-state index contributed by atoms with van der Waals surface area (Å²) in [7, 11) is -3.40. The number of rotatable bonds is 7. The predicted octanol–water partition coefficient (Wildman–Crippen LogP) is 2.95. The van der Waals surface area contributed by atoms with Crippen molar-refractivity contribution in [1.82, 2.24) is 9.62 Å². The Labute approximate surface area is 151 Å². The molecule has 0 aliphatic carbocycles. The fourth-order valence-electron chi connectivity index (χ4n) is 3.04. The van der Waals surface area contributed by atoms with Crippen LogP contribution in [0.15, 0.2) is 29.2 Å². The molecule has 25 heavy (non-hydrogen) atoms.